The Balaban J connectivity index is 2.88. The molecule has 0 amide bonds. The number of aliphatic hydroxyl groups is 1. The normalized spacial score (nSPS) is 12.3. The molecular formula is C9H16N4O2. The minimum Gasteiger partial charge on any atom is -0.481 e. The molecule has 0 aromatic carbocycles. The van der Waals surface area contributed by atoms with Gasteiger partial charge >= 0.3 is 0 Å². The Morgan fingerprint density at radius 3 is 2.80 bits per heavy atom. The Morgan fingerprint density at radius 1 is 1.60 bits per heavy atom. The molecule has 84 valence electrons. The highest BCUT2D eigenvalue weighted by Gasteiger charge is 2.09. The smallest absolute Gasteiger partial charge is 0.225 e. The summed E-state index contributed by atoms with van der Waals surface area (Å²) >= 11 is 0. The molecule has 0 saturated heterocycles. The van der Waals surface area contributed by atoms with E-state index in [1.165, 1.54) is 7.11 Å². The van der Waals surface area contributed by atoms with Gasteiger partial charge in [-0.1, -0.05) is 0 Å². The summed E-state index contributed by atoms with van der Waals surface area (Å²) in [4.78, 5) is 9.69. The van der Waals surface area contributed by atoms with E-state index in [1.54, 1.807) is 17.9 Å². The molecule has 6 heteroatoms. The van der Waals surface area contributed by atoms with Crippen molar-refractivity contribution in [3.8, 4) is 5.88 Å². The standard InChI is InChI=1S/C9H16N4O2/c1-6(14)5-13(2)7-4-8(15-3)12-9(10)11-7/h4,6,14H,5H2,1-3H3,(H2,10,11,12). The van der Waals surface area contributed by atoms with Crippen LogP contribution in [0, 0.1) is 0 Å². The molecule has 0 fully saturated rings. The molecule has 0 spiro atoms. The van der Waals surface area contributed by atoms with Crippen molar-refractivity contribution in [3.05, 3.63) is 6.07 Å². The quantitative estimate of drug-likeness (QED) is 0.724. The molecule has 0 aliphatic carbocycles. The molecule has 0 aliphatic heterocycles. The number of aliphatic hydroxyl groups excluding tert-OH is 1. The Labute approximate surface area is 88.7 Å². The van der Waals surface area contributed by atoms with Crippen LogP contribution in [0.3, 0.4) is 0 Å². The van der Waals surface area contributed by atoms with Crippen LogP contribution in [-0.2, 0) is 0 Å². The van der Waals surface area contributed by atoms with Crippen LogP contribution in [0.25, 0.3) is 0 Å². The summed E-state index contributed by atoms with van der Waals surface area (Å²) < 4.78 is 4.97. The number of hydrogen-bond acceptors (Lipinski definition) is 6. The molecule has 6 nitrogen and oxygen atoms in total. The maximum absolute atomic E-state index is 9.23. The van der Waals surface area contributed by atoms with E-state index in [4.69, 9.17) is 10.5 Å². The summed E-state index contributed by atoms with van der Waals surface area (Å²) in [5.41, 5.74) is 5.51. The van der Waals surface area contributed by atoms with E-state index in [1.807, 2.05) is 7.05 Å². The fraction of sp³-hybridized carbons (Fsp3) is 0.556. The largest absolute Gasteiger partial charge is 0.481 e. The van der Waals surface area contributed by atoms with Crippen molar-refractivity contribution in [2.24, 2.45) is 0 Å². The van der Waals surface area contributed by atoms with Crippen LogP contribution in [-0.4, -0.2) is 41.9 Å². The highest BCUT2D eigenvalue weighted by Crippen LogP contribution is 2.17. The zero-order chi connectivity index (χ0) is 11.4. The van der Waals surface area contributed by atoms with Gasteiger partial charge in [0.25, 0.3) is 0 Å². The fourth-order valence-corrected chi connectivity index (χ4v) is 1.22. The summed E-state index contributed by atoms with van der Waals surface area (Å²) in [6, 6.07) is 1.67. The third kappa shape index (κ3) is 3.25. The molecule has 1 rings (SSSR count). The lowest BCUT2D eigenvalue weighted by Gasteiger charge is -2.20. The number of nitrogens with two attached hydrogens (primary N) is 1. The minimum absolute atomic E-state index is 0.154. The molecule has 0 saturated carbocycles. The summed E-state index contributed by atoms with van der Waals surface area (Å²) in [6.07, 6.45) is -0.433. The van der Waals surface area contributed by atoms with Crippen LogP contribution >= 0.6 is 0 Å². The van der Waals surface area contributed by atoms with Gasteiger partial charge in [0, 0.05) is 19.7 Å². The number of nitrogens with zero attached hydrogens (tertiary/aromatic N) is 3. The second-order valence-electron chi connectivity index (χ2n) is 3.36. The van der Waals surface area contributed by atoms with Gasteiger partial charge in [0.15, 0.2) is 0 Å². The molecule has 0 aliphatic rings. The van der Waals surface area contributed by atoms with Crippen molar-refractivity contribution in [2.45, 2.75) is 13.0 Å². The molecule has 15 heavy (non-hydrogen) atoms. The van der Waals surface area contributed by atoms with Crippen molar-refractivity contribution in [2.75, 3.05) is 31.3 Å². The highest BCUT2D eigenvalue weighted by molar-refractivity contribution is 5.44. The predicted octanol–water partition coefficient (Wildman–Crippen LogP) is -0.116. The van der Waals surface area contributed by atoms with Crippen molar-refractivity contribution in [1.82, 2.24) is 9.97 Å². The predicted molar refractivity (Wildman–Crippen MR) is 57.9 cm³/mol. The van der Waals surface area contributed by atoms with Crippen LogP contribution in [0.1, 0.15) is 6.92 Å². The van der Waals surface area contributed by atoms with E-state index >= 15 is 0 Å². The summed E-state index contributed by atoms with van der Waals surface area (Å²) in [5, 5.41) is 9.23. The summed E-state index contributed by atoms with van der Waals surface area (Å²) in [5.74, 6) is 1.19. The van der Waals surface area contributed by atoms with Crippen LogP contribution < -0.4 is 15.4 Å². The number of hydrogen-bond donors (Lipinski definition) is 2. The number of ether oxygens (including phenoxy) is 1. The van der Waals surface area contributed by atoms with Gasteiger partial charge in [0.05, 0.1) is 13.2 Å². The minimum atomic E-state index is -0.433. The van der Waals surface area contributed by atoms with Gasteiger partial charge in [-0.3, -0.25) is 0 Å². The van der Waals surface area contributed by atoms with Crippen molar-refractivity contribution in [3.63, 3.8) is 0 Å². The van der Waals surface area contributed by atoms with Gasteiger partial charge in [-0.25, -0.2) is 0 Å². The number of aromatic nitrogens is 2. The molecule has 1 aromatic heterocycles. The third-order valence-corrected chi connectivity index (χ3v) is 1.84. The maximum atomic E-state index is 9.23. The first-order valence-electron chi connectivity index (χ1n) is 4.60. The maximum Gasteiger partial charge on any atom is 0.225 e. The molecule has 1 aromatic rings. The monoisotopic (exact) mass is 212 g/mol. The third-order valence-electron chi connectivity index (χ3n) is 1.84. The van der Waals surface area contributed by atoms with E-state index in [0.717, 1.165) is 0 Å². The van der Waals surface area contributed by atoms with E-state index in [9.17, 15) is 5.11 Å². The SMILES string of the molecule is COc1cc(N(C)CC(C)O)nc(N)n1. The van der Waals surface area contributed by atoms with Gasteiger partial charge in [-0.05, 0) is 6.92 Å². The molecule has 3 N–H and O–H groups in total. The Morgan fingerprint density at radius 2 is 2.27 bits per heavy atom. The molecule has 1 heterocycles. The highest BCUT2D eigenvalue weighted by atomic mass is 16.5. The zero-order valence-corrected chi connectivity index (χ0v) is 9.14. The average Bonchev–Trinajstić information content (AvgIpc) is 2.15. The van der Waals surface area contributed by atoms with Gasteiger partial charge in [0.1, 0.15) is 5.82 Å². The lowest BCUT2D eigenvalue weighted by molar-refractivity contribution is 0.201. The molecular weight excluding hydrogens is 196 g/mol. The summed E-state index contributed by atoms with van der Waals surface area (Å²) in [6.45, 7) is 2.18. The lowest BCUT2D eigenvalue weighted by atomic mass is 10.3. The van der Waals surface area contributed by atoms with E-state index in [-0.39, 0.29) is 5.95 Å². The summed E-state index contributed by atoms with van der Waals surface area (Å²) in [7, 11) is 3.33. The zero-order valence-electron chi connectivity index (χ0n) is 9.14. The van der Waals surface area contributed by atoms with E-state index in [0.29, 0.717) is 18.2 Å². The molecule has 0 bridgehead atoms. The number of rotatable bonds is 4. The lowest BCUT2D eigenvalue weighted by Crippen LogP contribution is -2.27. The van der Waals surface area contributed by atoms with Crippen LogP contribution in [0.4, 0.5) is 11.8 Å². The van der Waals surface area contributed by atoms with Gasteiger partial charge in [-0.2, -0.15) is 9.97 Å². The number of methoxy groups -OCH3 is 1. The Bertz CT molecular complexity index is 330. The average molecular weight is 212 g/mol. The van der Waals surface area contributed by atoms with Gasteiger partial charge < -0.3 is 20.5 Å². The van der Waals surface area contributed by atoms with Crippen molar-refractivity contribution >= 4 is 11.8 Å². The van der Waals surface area contributed by atoms with Gasteiger partial charge in [-0.15, -0.1) is 0 Å². The number of anilines is 2. The second-order valence-corrected chi connectivity index (χ2v) is 3.36. The van der Waals surface area contributed by atoms with E-state index in [2.05, 4.69) is 9.97 Å². The van der Waals surface area contributed by atoms with Crippen LogP contribution in [0.15, 0.2) is 6.07 Å². The van der Waals surface area contributed by atoms with E-state index < -0.39 is 6.10 Å². The Kier molecular flexibility index (Phi) is 3.68. The second kappa shape index (κ2) is 4.79. The first kappa shape index (κ1) is 11.5. The van der Waals surface area contributed by atoms with Gasteiger partial charge in [0.2, 0.25) is 11.8 Å². The molecule has 1 atom stereocenters. The first-order valence-corrected chi connectivity index (χ1v) is 4.60. The molecule has 0 radical (unpaired) electrons. The topological polar surface area (TPSA) is 84.5 Å². The first-order chi connectivity index (χ1) is 7.02. The molecule has 1 unspecified atom stereocenters. The Hall–Kier alpha value is -1.56. The number of nitrogen functional groups attached to an aromatic ring is 1. The van der Waals surface area contributed by atoms with Crippen LogP contribution in [0.2, 0.25) is 0 Å². The van der Waals surface area contributed by atoms with Crippen molar-refractivity contribution < 1.29 is 9.84 Å². The van der Waals surface area contributed by atoms with Crippen LogP contribution in [0.5, 0.6) is 5.88 Å². The fourth-order valence-electron chi connectivity index (χ4n) is 1.22. The number of likely N-dealkylation sites (N-methyl/N-ethyl adjacent to an activating group) is 1. The van der Waals surface area contributed by atoms with Crippen molar-refractivity contribution in [1.29, 1.82) is 0 Å².